The van der Waals surface area contributed by atoms with Crippen LogP contribution < -0.4 is 0 Å². The molecule has 0 atom stereocenters. The van der Waals surface area contributed by atoms with E-state index in [9.17, 15) is 0 Å². The zero-order chi connectivity index (χ0) is 44.4. The van der Waals surface area contributed by atoms with Gasteiger partial charge in [0.1, 0.15) is 0 Å². The maximum absolute atomic E-state index is 2.52. The van der Waals surface area contributed by atoms with Gasteiger partial charge in [-0.1, -0.05) is 202 Å². The lowest BCUT2D eigenvalue weighted by Gasteiger charge is -2.26. The summed E-state index contributed by atoms with van der Waals surface area (Å²) in [5, 5.41) is 9.96. The monoisotopic (exact) mass is 852 g/mol. The summed E-state index contributed by atoms with van der Waals surface area (Å²) >= 11 is 0. The van der Waals surface area contributed by atoms with E-state index in [2.05, 4.69) is 254 Å². The van der Waals surface area contributed by atoms with Crippen molar-refractivity contribution in [3.8, 4) is 55.9 Å². The second-order valence-electron chi connectivity index (χ2n) is 18.7. The summed E-state index contributed by atoms with van der Waals surface area (Å²) in [5.74, 6) is 0. The molecular weight excluding hydrogens is 809 g/mol. The molecule has 0 unspecified atom stereocenters. The van der Waals surface area contributed by atoms with E-state index in [-0.39, 0.29) is 5.41 Å². The molecule has 2 heteroatoms. The number of benzene rings is 11. The second-order valence-corrected chi connectivity index (χ2v) is 18.7. The molecule has 0 bridgehead atoms. The molecule has 0 saturated heterocycles. The highest BCUT2D eigenvalue weighted by Crippen LogP contribution is 2.55. The third-order valence-corrected chi connectivity index (χ3v) is 14.9. The summed E-state index contributed by atoms with van der Waals surface area (Å²) in [6.07, 6.45) is 0. The first-order valence-electron chi connectivity index (χ1n) is 23.4. The third-order valence-electron chi connectivity index (χ3n) is 14.9. The quantitative estimate of drug-likeness (QED) is 0.153. The van der Waals surface area contributed by atoms with Gasteiger partial charge in [-0.3, -0.25) is 0 Å². The lowest BCUT2D eigenvalue weighted by Crippen LogP contribution is -2.16. The highest BCUT2D eigenvalue weighted by atomic mass is 15.0. The van der Waals surface area contributed by atoms with Crippen LogP contribution in [-0.2, 0) is 5.41 Å². The van der Waals surface area contributed by atoms with Gasteiger partial charge in [0.15, 0.2) is 0 Å². The number of rotatable bonds is 5. The minimum absolute atomic E-state index is 0.212. The van der Waals surface area contributed by atoms with Gasteiger partial charge in [-0.25, -0.2) is 0 Å². The van der Waals surface area contributed by atoms with Crippen molar-refractivity contribution in [1.82, 2.24) is 9.13 Å². The van der Waals surface area contributed by atoms with Crippen LogP contribution in [-0.4, -0.2) is 9.13 Å². The average Bonchev–Trinajstić information content (AvgIpc) is 3.99. The predicted molar refractivity (Wildman–Crippen MR) is 284 cm³/mol. The molecule has 2 nitrogen and oxygen atoms in total. The molecule has 14 rings (SSSR count). The van der Waals surface area contributed by atoms with Crippen LogP contribution in [0, 0.1) is 0 Å². The number of para-hydroxylation sites is 6. The van der Waals surface area contributed by atoms with Crippen LogP contribution in [0.1, 0.15) is 25.0 Å². The van der Waals surface area contributed by atoms with E-state index in [0.29, 0.717) is 0 Å². The van der Waals surface area contributed by atoms with E-state index < -0.39 is 0 Å². The molecule has 0 aliphatic heterocycles. The molecule has 0 saturated carbocycles. The Morgan fingerprint density at radius 3 is 1.22 bits per heavy atom. The summed E-state index contributed by atoms with van der Waals surface area (Å²) in [6, 6.07) is 85.8. The summed E-state index contributed by atoms with van der Waals surface area (Å²) in [7, 11) is 0. The van der Waals surface area contributed by atoms with Crippen molar-refractivity contribution in [2.24, 2.45) is 0 Å². The van der Waals surface area contributed by atoms with Crippen LogP contribution >= 0.6 is 0 Å². The molecular formula is C65H44N2. The second kappa shape index (κ2) is 14.3. The minimum Gasteiger partial charge on any atom is -0.309 e. The first kappa shape index (κ1) is 37.9. The molecule has 314 valence electrons. The maximum atomic E-state index is 2.52. The maximum Gasteiger partial charge on any atom is 0.0619 e. The lowest BCUT2D eigenvalue weighted by atomic mass is 9.77. The Hall–Kier alpha value is -8.46. The lowest BCUT2D eigenvalue weighted by molar-refractivity contribution is 0.662. The van der Waals surface area contributed by atoms with Crippen molar-refractivity contribution in [3.63, 3.8) is 0 Å². The topological polar surface area (TPSA) is 9.86 Å². The zero-order valence-corrected chi connectivity index (χ0v) is 37.3. The molecule has 0 amide bonds. The van der Waals surface area contributed by atoms with E-state index in [0.717, 1.165) is 11.4 Å². The van der Waals surface area contributed by atoms with Gasteiger partial charge in [-0.15, -0.1) is 0 Å². The fourth-order valence-electron chi connectivity index (χ4n) is 12.1. The van der Waals surface area contributed by atoms with E-state index in [1.807, 2.05) is 0 Å². The standard InChI is InChI=1S/C65H44N2/c1-65(2)58-37-12-9-24-45(58)50-31-17-36-55(62(50)65)61-48-29-15-27-43(51-32-18-34-53-46-25-10-13-38-59(46)66(63(51)53)41-20-5-3-6-21-41)56(48)40-57-44(28-16-30-49(57)61)52-33-19-35-54-47-26-11-14-39-60(47)67(64(52)54)42-22-7-4-8-23-42/h3-40H,1-2H3. The summed E-state index contributed by atoms with van der Waals surface area (Å²) in [6.45, 7) is 4.83. The van der Waals surface area contributed by atoms with E-state index in [1.54, 1.807) is 0 Å². The Morgan fingerprint density at radius 2 is 0.672 bits per heavy atom. The number of hydrogen-bond acceptors (Lipinski definition) is 0. The Balaban J connectivity index is 1.15. The molecule has 0 radical (unpaired) electrons. The van der Waals surface area contributed by atoms with Gasteiger partial charge in [0.2, 0.25) is 0 Å². The molecule has 67 heavy (non-hydrogen) atoms. The van der Waals surface area contributed by atoms with Crippen LogP contribution in [0.25, 0.3) is 121 Å². The smallest absolute Gasteiger partial charge is 0.0619 e. The van der Waals surface area contributed by atoms with Crippen LogP contribution in [0.2, 0.25) is 0 Å². The molecule has 1 aliphatic carbocycles. The highest BCUT2D eigenvalue weighted by molar-refractivity contribution is 6.24. The molecule has 0 spiro atoms. The van der Waals surface area contributed by atoms with Crippen LogP contribution in [0.4, 0.5) is 0 Å². The number of aromatic nitrogens is 2. The molecule has 0 N–H and O–H groups in total. The van der Waals surface area contributed by atoms with Crippen molar-refractivity contribution in [3.05, 3.63) is 242 Å². The Labute approximate surface area is 389 Å². The predicted octanol–water partition coefficient (Wildman–Crippen LogP) is 17.5. The number of nitrogens with zero attached hydrogens (tertiary/aromatic N) is 2. The van der Waals surface area contributed by atoms with E-state index in [1.165, 1.54) is 121 Å². The van der Waals surface area contributed by atoms with Crippen molar-refractivity contribution in [1.29, 1.82) is 0 Å². The normalized spacial score (nSPS) is 13.0. The van der Waals surface area contributed by atoms with Crippen molar-refractivity contribution >= 4 is 65.2 Å². The van der Waals surface area contributed by atoms with Crippen molar-refractivity contribution in [2.45, 2.75) is 19.3 Å². The fourth-order valence-corrected chi connectivity index (χ4v) is 12.1. The van der Waals surface area contributed by atoms with Crippen molar-refractivity contribution < 1.29 is 0 Å². The fraction of sp³-hybridized carbons (Fsp3) is 0.0462. The van der Waals surface area contributed by atoms with Gasteiger partial charge in [0, 0.05) is 49.5 Å². The molecule has 2 heterocycles. The average molecular weight is 853 g/mol. The summed E-state index contributed by atoms with van der Waals surface area (Å²) in [4.78, 5) is 0. The van der Waals surface area contributed by atoms with Gasteiger partial charge in [-0.05, 0) is 109 Å². The molecule has 1 aliphatic rings. The van der Waals surface area contributed by atoms with Gasteiger partial charge >= 0.3 is 0 Å². The van der Waals surface area contributed by atoms with Gasteiger partial charge in [0.05, 0.1) is 22.1 Å². The van der Waals surface area contributed by atoms with Crippen LogP contribution in [0.5, 0.6) is 0 Å². The van der Waals surface area contributed by atoms with Crippen LogP contribution in [0.3, 0.4) is 0 Å². The Bertz CT molecular complexity index is 3950. The first-order chi connectivity index (χ1) is 33.1. The number of hydrogen-bond donors (Lipinski definition) is 0. The summed E-state index contributed by atoms with van der Waals surface area (Å²) in [5.41, 5.74) is 19.8. The molecule has 11 aromatic carbocycles. The molecule has 0 fully saturated rings. The molecule has 13 aromatic rings. The minimum atomic E-state index is -0.212. The SMILES string of the molecule is CC1(C)c2ccccc2-c2cccc(-c3c4cccc(-c5cccc6c7ccccc7n(-c7ccccc7)c56)c4cc4c(-c5cccc6c7ccccc7n(-c7ccccc7)c56)cccc34)c21. The van der Waals surface area contributed by atoms with E-state index in [4.69, 9.17) is 0 Å². The molecule has 2 aromatic heterocycles. The Kier molecular flexibility index (Phi) is 8.06. The van der Waals surface area contributed by atoms with Gasteiger partial charge in [0.25, 0.3) is 0 Å². The van der Waals surface area contributed by atoms with E-state index >= 15 is 0 Å². The third kappa shape index (κ3) is 5.33. The van der Waals surface area contributed by atoms with Crippen LogP contribution in [0.15, 0.2) is 231 Å². The zero-order valence-electron chi connectivity index (χ0n) is 37.3. The number of fused-ring (bicyclic) bond motifs is 11. The van der Waals surface area contributed by atoms with Gasteiger partial charge < -0.3 is 9.13 Å². The van der Waals surface area contributed by atoms with Crippen molar-refractivity contribution in [2.75, 3.05) is 0 Å². The Morgan fingerprint density at radius 1 is 0.284 bits per heavy atom. The highest BCUT2D eigenvalue weighted by Gasteiger charge is 2.38. The summed E-state index contributed by atoms with van der Waals surface area (Å²) < 4.78 is 4.94. The largest absolute Gasteiger partial charge is 0.309 e. The first-order valence-corrected chi connectivity index (χ1v) is 23.4. The van der Waals surface area contributed by atoms with Gasteiger partial charge in [-0.2, -0.15) is 0 Å².